The Kier molecular flexibility index (Phi) is 3.59. The number of anilines is 1. The van der Waals surface area contributed by atoms with Gasteiger partial charge in [-0.15, -0.1) is 10.2 Å². The van der Waals surface area contributed by atoms with Crippen LogP contribution in [-0.2, 0) is 5.75 Å². The number of hydrogen-bond acceptors (Lipinski definition) is 9. The highest BCUT2D eigenvalue weighted by molar-refractivity contribution is 8.00. The van der Waals surface area contributed by atoms with Crippen molar-refractivity contribution in [3.63, 3.8) is 0 Å². The molecule has 7 nitrogen and oxygen atoms in total. The Bertz CT molecular complexity index is 880. The van der Waals surface area contributed by atoms with Gasteiger partial charge < -0.3 is 5.32 Å². The van der Waals surface area contributed by atoms with Crippen LogP contribution in [0.15, 0.2) is 15.2 Å². The lowest BCUT2D eigenvalue weighted by atomic mass is 10.4. The van der Waals surface area contributed by atoms with Crippen LogP contribution in [0.4, 0.5) is 5.13 Å². The van der Waals surface area contributed by atoms with E-state index in [1.165, 1.54) is 34.8 Å². The standard InChI is InChI=1S/C12H12N6OS3/c1-6-17-18-9(19)4-8(14-11(18)21-6)5-20-12-16-15-10(22-12)13-7-2-3-7/h4,7H,2-3,5H2,1H3,(H,13,15). The van der Waals surface area contributed by atoms with E-state index < -0.39 is 0 Å². The Hall–Kier alpha value is -1.52. The molecule has 1 aliphatic rings. The zero-order valence-corrected chi connectivity index (χ0v) is 14.1. The van der Waals surface area contributed by atoms with E-state index in [-0.39, 0.29) is 5.56 Å². The largest absolute Gasteiger partial charge is 0.357 e. The van der Waals surface area contributed by atoms with E-state index in [2.05, 4.69) is 25.6 Å². The maximum absolute atomic E-state index is 12.0. The van der Waals surface area contributed by atoms with Crippen LogP contribution < -0.4 is 10.9 Å². The van der Waals surface area contributed by atoms with Crippen LogP contribution in [0.2, 0.25) is 0 Å². The lowest BCUT2D eigenvalue weighted by Gasteiger charge is -1.98. The van der Waals surface area contributed by atoms with Gasteiger partial charge in [-0.3, -0.25) is 4.79 Å². The zero-order chi connectivity index (χ0) is 15.1. The Balaban J connectivity index is 1.48. The molecule has 3 aromatic heterocycles. The minimum atomic E-state index is -0.140. The maximum atomic E-state index is 12.0. The molecule has 0 aromatic carbocycles. The molecular weight excluding hydrogens is 340 g/mol. The van der Waals surface area contributed by atoms with Gasteiger partial charge in [-0.25, -0.2) is 4.98 Å². The normalized spacial score (nSPS) is 14.6. The van der Waals surface area contributed by atoms with Crippen molar-refractivity contribution in [3.05, 3.63) is 27.1 Å². The second kappa shape index (κ2) is 5.60. The SMILES string of the molecule is Cc1nn2c(=O)cc(CSc3nnc(NC4CC4)s3)nc2s1. The summed E-state index contributed by atoms with van der Waals surface area (Å²) in [4.78, 5) is 17.1. The summed E-state index contributed by atoms with van der Waals surface area (Å²) in [5.41, 5.74) is 0.601. The topological polar surface area (TPSA) is 85.1 Å². The van der Waals surface area contributed by atoms with Crippen molar-refractivity contribution < 1.29 is 0 Å². The van der Waals surface area contributed by atoms with Crippen molar-refractivity contribution in [2.75, 3.05) is 5.32 Å². The van der Waals surface area contributed by atoms with Crippen LogP contribution in [0.5, 0.6) is 0 Å². The molecule has 0 atom stereocenters. The van der Waals surface area contributed by atoms with Gasteiger partial charge in [-0.1, -0.05) is 34.4 Å². The summed E-state index contributed by atoms with van der Waals surface area (Å²) in [5, 5.41) is 17.4. The van der Waals surface area contributed by atoms with Crippen LogP contribution in [0.25, 0.3) is 4.96 Å². The Morgan fingerprint density at radius 3 is 3.09 bits per heavy atom. The smallest absolute Gasteiger partial charge is 0.275 e. The molecule has 0 radical (unpaired) electrons. The minimum Gasteiger partial charge on any atom is -0.357 e. The van der Waals surface area contributed by atoms with Crippen LogP contribution in [-0.4, -0.2) is 30.8 Å². The van der Waals surface area contributed by atoms with Gasteiger partial charge in [0.25, 0.3) is 5.56 Å². The fraction of sp³-hybridized carbons (Fsp3) is 0.417. The van der Waals surface area contributed by atoms with E-state index in [1.54, 1.807) is 23.1 Å². The molecule has 0 bridgehead atoms. The minimum absolute atomic E-state index is 0.140. The van der Waals surface area contributed by atoms with Gasteiger partial charge in [0.1, 0.15) is 5.01 Å². The van der Waals surface area contributed by atoms with Crippen LogP contribution in [0.3, 0.4) is 0 Å². The summed E-state index contributed by atoms with van der Waals surface area (Å²) in [6.45, 7) is 1.86. The molecule has 0 aliphatic heterocycles. The highest BCUT2D eigenvalue weighted by atomic mass is 32.2. The predicted molar refractivity (Wildman–Crippen MR) is 88.0 cm³/mol. The van der Waals surface area contributed by atoms with E-state index in [9.17, 15) is 4.79 Å². The van der Waals surface area contributed by atoms with Crippen LogP contribution in [0.1, 0.15) is 23.5 Å². The van der Waals surface area contributed by atoms with E-state index in [0.29, 0.717) is 16.8 Å². The number of nitrogens with one attached hydrogen (secondary N) is 1. The molecule has 22 heavy (non-hydrogen) atoms. The predicted octanol–water partition coefficient (Wildman–Crippen LogP) is 2.18. The van der Waals surface area contributed by atoms with Crippen LogP contribution >= 0.6 is 34.4 Å². The number of fused-ring (bicyclic) bond motifs is 1. The third-order valence-corrected chi connectivity index (χ3v) is 5.90. The first kappa shape index (κ1) is 14.1. The maximum Gasteiger partial charge on any atom is 0.275 e. The van der Waals surface area contributed by atoms with Gasteiger partial charge in [0, 0.05) is 17.9 Å². The van der Waals surface area contributed by atoms with Gasteiger partial charge in [-0.05, 0) is 19.8 Å². The van der Waals surface area contributed by atoms with Gasteiger partial charge in [0.2, 0.25) is 10.1 Å². The molecule has 0 amide bonds. The number of aryl methyl sites for hydroxylation is 1. The molecular formula is C12H12N6OS3. The van der Waals surface area contributed by atoms with Gasteiger partial charge in [0.05, 0.1) is 5.69 Å². The highest BCUT2D eigenvalue weighted by Gasteiger charge is 2.22. The summed E-state index contributed by atoms with van der Waals surface area (Å²) in [7, 11) is 0. The van der Waals surface area contributed by atoms with E-state index in [4.69, 9.17) is 0 Å². The van der Waals surface area contributed by atoms with Crippen molar-refractivity contribution in [1.29, 1.82) is 0 Å². The van der Waals surface area contributed by atoms with Crippen molar-refractivity contribution in [3.8, 4) is 0 Å². The molecule has 0 spiro atoms. The Labute approximate surface area is 137 Å². The highest BCUT2D eigenvalue weighted by Crippen LogP contribution is 2.31. The van der Waals surface area contributed by atoms with E-state index in [0.717, 1.165) is 20.2 Å². The summed E-state index contributed by atoms with van der Waals surface area (Å²) >= 11 is 4.50. The third kappa shape index (κ3) is 2.99. The Morgan fingerprint density at radius 2 is 2.27 bits per heavy atom. The van der Waals surface area contributed by atoms with Gasteiger partial charge in [-0.2, -0.15) is 9.61 Å². The first-order valence-electron chi connectivity index (χ1n) is 6.76. The van der Waals surface area contributed by atoms with Crippen molar-refractivity contribution in [1.82, 2.24) is 24.8 Å². The lowest BCUT2D eigenvalue weighted by molar-refractivity contribution is 0.871. The summed E-state index contributed by atoms with van der Waals surface area (Å²) < 4.78 is 2.22. The fourth-order valence-corrected chi connectivity index (χ4v) is 4.38. The summed E-state index contributed by atoms with van der Waals surface area (Å²) in [6, 6.07) is 2.10. The zero-order valence-electron chi connectivity index (χ0n) is 11.6. The molecule has 1 N–H and O–H groups in total. The first-order chi connectivity index (χ1) is 10.7. The average Bonchev–Trinajstić information content (AvgIpc) is 3.03. The quantitative estimate of drug-likeness (QED) is 0.704. The van der Waals surface area contributed by atoms with Crippen molar-refractivity contribution >= 4 is 44.5 Å². The molecule has 0 unspecified atom stereocenters. The molecule has 1 fully saturated rings. The lowest BCUT2D eigenvalue weighted by Crippen LogP contribution is -2.15. The molecule has 3 heterocycles. The summed E-state index contributed by atoms with van der Waals surface area (Å²) in [5.74, 6) is 0.598. The fourth-order valence-electron chi connectivity index (χ4n) is 1.89. The first-order valence-corrected chi connectivity index (χ1v) is 9.38. The molecule has 10 heteroatoms. The molecule has 1 saturated carbocycles. The number of rotatable bonds is 5. The molecule has 3 aromatic rings. The van der Waals surface area contributed by atoms with Crippen LogP contribution in [0, 0.1) is 6.92 Å². The summed E-state index contributed by atoms with van der Waals surface area (Å²) in [6.07, 6.45) is 2.42. The monoisotopic (exact) mass is 352 g/mol. The number of thioether (sulfide) groups is 1. The second-order valence-electron chi connectivity index (χ2n) is 4.98. The van der Waals surface area contributed by atoms with Crippen molar-refractivity contribution in [2.24, 2.45) is 0 Å². The van der Waals surface area contributed by atoms with Gasteiger partial charge >= 0.3 is 0 Å². The van der Waals surface area contributed by atoms with E-state index in [1.807, 2.05) is 6.92 Å². The number of nitrogens with zero attached hydrogens (tertiary/aromatic N) is 5. The average molecular weight is 352 g/mol. The molecule has 1 aliphatic carbocycles. The second-order valence-corrected chi connectivity index (χ2v) is 8.34. The Morgan fingerprint density at radius 1 is 1.41 bits per heavy atom. The number of aromatic nitrogens is 5. The number of hydrogen-bond donors (Lipinski definition) is 1. The molecule has 4 rings (SSSR count). The third-order valence-electron chi connectivity index (χ3n) is 3.05. The van der Waals surface area contributed by atoms with E-state index >= 15 is 0 Å². The molecule has 0 saturated heterocycles. The van der Waals surface area contributed by atoms with Crippen molar-refractivity contribution in [2.45, 2.75) is 35.9 Å². The molecule has 114 valence electrons. The van der Waals surface area contributed by atoms with Gasteiger partial charge in [0.15, 0.2) is 4.34 Å².